The fourth-order valence-corrected chi connectivity index (χ4v) is 1.40. The molecule has 0 saturated carbocycles. The van der Waals surface area contributed by atoms with E-state index in [1.165, 1.54) is 19.2 Å². The lowest BCUT2D eigenvalue weighted by Gasteiger charge is -2.08. The van der Waals surface area contributed by atoms with Gasteiger partial charge in [-0.1, -0.05) is 6.07 Å². The number of ether oxygens (including phenoxy) is 1. The summed E-state index contributed by atoms with van der Waals surface area (Å²) in [6, 6.07) is 10.4. The lowest BCUT2D eigenvalue weighted by Crippen LogP contribution is -1.95. The Labute approximate surface area is 103 Å². The molecule has 0 bridgehead atoms. The lowest BCUT2D eigenvalue weighted by molar-refractivity contribution is 0.271. The minimum Gasteiger partial charge on any atom is -0.454 e. The van der Waals surface area contributed by atoms with Crippen LogP contribution in [0.5, 0.6) is 11.5 Å². The summed E-state index contributed by atoms with van der Waals surface area (Å²) < 4.78 is 31.6. The van der Waals surface area contributed by atoms with Crippen LogP contribution in [-0.4, -0.2) is 7.11 Å². The molecule has 0 saturated heterocycles. The number of benzene rings is 2. The van der Waals surface area contributed by atoms with Gasteiger partial charge in [0.05, 0.1) is 12.8 Å². The van der Waals surface area contributed by atoms with Gasteiger partial charge in [-0.3, -0.25) is 10.3 Å². The van der Waals surface area contributed by atoms with E-state index in [-0.39, 0.29) is 5.75 Å². The predicted molar refractivity (Wildman–Crippen MR) is 63.5 cm³/mol. The van der Waals surface area contributed by atoms with Crippen molar-refractivity contribution in [1.29, 1.82) is 0 Å². The smallest absolute Gasteiger partial charge is 0.201 e. The zero-order valence-corrected chi connectivity index (χ0v) is 9.61. The number of nitrogens with one attached hydrogen (secondary N) is 1. The Morgan fingerprint density at radius 3 is 2.39 bits per heavy atom. The van der Waals surface area contributed by atoms with Crippen molar-refractivity contribution in [3.63, 3.8) is 0 Å². The summed E-state index contributed by atoms with van der Waals surface area (Å²) in [5.74, 6) is -1.69. The quantitative estimate of drug-likeness (QED) is 0.840. The molecule has 2 rings (SSSR count). The normalized spacial score (nSPS) is 10.2. The minimum absolute atomic E-state index is 0.151. The largest absolute Gasteiger partial charge is 0.454 e. The summed E-state index contributed by atoms with van der Waals surface area (Å²) >= 11 is 0. The minimum atomic E-state index is -1.00. The Bertz CT molecular complexity index is 529. The van der Waals surface area contributed by atoms with Gasteiger partial charge >= 0.3 is 0 Å². The number of hydrogen-bond acceptors (Lipinski definition) is 3. The molecule has 1 N–H and O–H groups in total. The molecular formula is C13H11F2NO2. The first-order valence-electron chi connectivity index (χ1n) is 5.21. The number of hydrogen-bond donors (Lipinski definition) is 1. The average Bonchev–Trinajstić information content (AvgIpc) is 2.38. The topological polar surface area (TPSA) is 30.5 Å². The van der Waals surface area contributed by atoms with Crippen LogP contribution < -0.4 is 10.2 Å². The summed E-state index contributed by atoms with van der Waals surface area (Å²) in [4.78, 5) is 4.72. The van der Waals surface area contributed by atoms with E-state index >= 15 is 0 Å². The molecule has 0 aliphatic carbocycles. The van der Waals surface area contributed by atoms with Crippen LogP contribution in [-0.2, 0) is 4.84 Å². The third-order valence-electron chi connectivity index (χ3n) is 2.22. The molecule has 0 unspecified atom stereocenters. The van der Waals surface area contributed by atoms with Crippen LogP contribution >= 0.6 is 0 Å². The maximum absolute atomic E-state index is 13.4. The fourth-order valence-electron chi connectivity index (χ4n) is 1.40. The number of halogens is 2. The number of rotatable bonds is 4. The van der Waals surface area contributed by atoms with Gasteiger partial charge in [-0.2, -0.15) is 4.39 Å². The van der Waals surface area contributed by atoms with Crippen molar-refractivity contribution in [3.8, 4) is 11.5 Å². The van der Waals surface area contributed by atoms with Gasteiger partial charge in [-0.25, -0.2) is 4.39 Å². The van der Waals surface area contributed by atoms with E-state index in [1.54, 1.807) is 24.3 Å². The van der Waals surface area contributed by atoms with Crippen molar-refractivity contribution in [2.75, 3.05) is 12.6 Å². The third-order valence-corrected chi connectivity index (χ3v) is 2.22. The van der Waals surface area contributed by atoms with Gasteiger partial charge in [0.15, 0.2) is 11.6 Å². The van der Waals surface area contributed by atoms with Gasteiger partial charge in [0, 0.05) is 0 Å². The average molecular weight is 251 g/mol. The molecule has 0 fully saturated rings. The Hall–Kier alpha value is -2.14. The van der Waals surface area contributed by atoms with Crippen LogP contribution in [0.4, 0.5) is 14.5 Å². The summed E-state index contributed by atoms with van der Waals surface area (Å²) in [6.07, 6.45) is 0. The van der Waals surface area contributed by atoms with Gasteiger partial charge in [-0.15, -0.1) is 0 Å². The standard InChI is InChI=1S/C13H11F2NO2/c1-17-16-9-5-7-10(8-6-9)18-12-4-2-3-11(14)13(12)15/h2-8,16H,1H3. The highest BCUT2D eigenvalue weighted by molar-refractivity contribution is 5.45. The fraction of sp³-hybridized carbons (Fsp3) is 0.0769. The Balaban J connectivity index is 2.16. The third kappa shape index (κ3) is 2.75. The van der Waals surface area contributed by atoms with Gasteiger partial charge in [0.2, 0.25) is 5.82 Å². The van der Waals surface area contributed by atoms with Gasteiger partial charge in [0.1, 0.15) is 5.75 Å². The Morgan fingerprint density at radius 1 is 1.00 bits per heavy atom. The maximum Gasteiger partial charge on any atom is 0.201 e. The first kappa shape index (κ1) is 12.3. The van der Waals surface area contributed by atoms with E-state index in [0.717, 1.165) is 11.8 Å². The van der Waals surface area contributed by atoms with Crippen LogP contribution in [0.2, 0.25) is 0 Å². The molecule has 0 aromatic heterocycles. The molecule has 0 radical (unpaired) electrons. The molecule has 0 atom stereocenters. The van der Waals surface area contributed by atoms with Crippen molar-refractivity contribution in [3.05, 3.63) is 54.1 Å². The van der Waals surface area contributed by atoms with Crippen molar-refractivity contribution in [2.45, 2.75) is 0 Å². The highest BCUT2D eigenvalue weighted by Crippen LogP contribution is 2.26. The Kier molecular flexibility index (Phi) is 3.74. The van der Waals surface area contributed by atoms with E-state index in [9.17, 15) is 8.78 Å². The summed E-state index contributed by atoms with van der Waals surface area (Å²) in [7, 11) is 1.49. The molecule has 2 aromatic carbocycles. The van der Waals surface area contributed by atoms with E-state index < -0.39 is 11.6 Å². The molecule has 3 nitrogen and oxygen atoms in total. The summed E-state index contributed by atoms with van der Waals surface area (Å²) in [5.41, 5.74) is 3.36. The SMILES string of the molecule is CONc1ccc(Oc2cccc(F)c2F)cc1. The molecule has 0 aliphatic rings. The van der Waals surface area contributed by atoms with Crippen molar-refractivity contribution < 1.29 is 18.4 Å². The second kappa shape index (κ2) is 5.46. The van der Waals surface area contributed by atoms with Gasteiger partial charge in [0.25, 0.3) is 0 Å². The van der Waals surface area contributed by atoms with E-state index in [1.807, 2.05) is 0 Å². The van der Waals surface area contributed by atoms with Crippen molar-refractivity contribution >= 4 is 5.69 Å². The molecule has 2 aromatic rings. The zero-order chi connectivity index (χ0) is 13.0. The summed E-state index contributed by atoms with van der Waals surface area (Å²) in [6.45, 7) is 0. The molecule has 5 heteroatoms. The van der Waals surface area contributed by atoms with Crippen LogP contribution in [0.1, 0.15) is 0 Å². The monoisotopic (exact) mass is 251 g/mol. The molecule has 0 aliphatic heterocycles. The second-order valence-electron chi connectivity index (χ2n) is 3.48. The second-order valence-corrected chi connectivity index (χ2v) is 3.48. The van der Waals surface area contributed by atoms with Gasteiger partial charge < -0.3 is 4.74 Å². The van der Waals surface area contributed by atoms with E-state index in [4.69, 9.17) is 9.57 Å². The molecule has 0 spiro atoms. The number of anilines is 1. The van der Waals surface area contributed by atoms with Crippen molar-refractivity contribution in [2.24, 2.45) is 0 Å². The van der Waals surface area contributed by atoms with Crippen LogP contribution in [0.25, 0.3) is 0 Å². The Morgan fingerprint density at radius 2 is 1.72 bits per heavy atom. The van der Waals surface area contributed by atoms with E-state index in [0.29, 0.717) is 5.75 Å². The van der Waals surface area contributed by atoms with Crippen LogP contribution in [0.3, 0.4) is 0 Å². The molecular weight excluding hydrogens is 240 g/mol. The highest BCUT2D eigenvalue weighted by Gasteiger charge is 2.09. The van der Waals surface area contributed by atoms with E-state index in [2.05, 4.69) is 5.48 Å². The predicted octanol–water partition coefficient (Wildman–Crippen LogP) is 3.73. The highest BCUT2D eigenvalue weighted by atomic mass is 19.2. The molecule has 18 heavy (non-hydrogen) atoms. The van der Waals surface area contributed by atoms with Crippen LogP contribution in [0.15, 0.2) is 42.5 Å². The first-order chi connectivity index (χ1) is 8.70. The van der Waals surface area contributed by atoms with Crippen molar-refractivity contribution in [1.82, 2.24) is 0 Å². The van der Waals surface area contributed by atoms with Crippen LogP contribution in [0, 0.1) is 11.6 Å². The summed E-state index contributed by atoms with van der Waals surface area (Å²) in [5, 5.41) is 0. The molecule has 0 heterocycles. The zero-order valence-electron chi connectivity index (χ0n) is 9.61. The molecule has 0 amide bonds. The lowest BCUT2D eigenvalue weighted by atomic mass is 10.3. The maximum atomic E-state index is 13.4. The first-order valence-corrected chi connectivity index (χ1v) is 5.21. The van der Waals surface area contributed by atoms with Gasteiger partial charge in [-0.05, 0) is 36.4 Å². The molecule has 94 valence electrons.